The summed E-state index contributed by atoms with van der Waals surface area (Å²) in [4.78, 5) is 15.8. The SMILES string of the molecule is N#Cc1ccc(C(=O)NC2CCNCC2)nc1. The Kier molecular flexibility index (Phi) is 3.68. The van der Waals surface area contributed by atoms with Gasteiger partial charge in [-0.3, -0.25) is 4.79 Å². The zero-order chi connectivity index (χ0) is 12.1. The van der Waals surface area contributed by atoms with Gasteiger partial charge in [0.15, 0.2) is 0 Å². The van der Waals surface area contributed by atoms with Crippen LogP contribution in [0.15, 0.2) is 18.3 Å². The first kappa shape index (κ1) is 11.6. The summed E-state index contributed by atoms with van der Waals surface area (Å²) >= 11 is 0. The number of hydrogen-bond donors (Lipinski definition) is 2. The van der Waals surface area contributed by atoms with Crippen LogP contribution in [0.5, 0.6) is 0 Å². The first-order valence-corrected chi connectivity index (χ1v) is 5.67. The van der Waals surface area contributed by atoms with Crippen LogP contribution in [0.3, 0.4) is 0 Å². The number of rotatable bonds is 2. The molecule has 2 rings (SSSR count). The standard InChI is InChI=1S/C12H14N4O/c13-7-9-1-2-11(15-8-9)12(17)16-10-3-5-14-6-4-10/h1-2,8,10,14H,3-6H2,(H,16,17). The van der Waals surface area contributed by atoms with Gasteiger partial charge in [-0.15, -0.1) is 0 Å². The molecular formula is C12H14N4O. The lowest BCUT2D eigenvalue weighted by Gasteiger charge is -2.23. The van der Waals surface area contributed by atoms with E-state index in [1.165, 1.54) is 6.20 Å². The van der Waals surface area contributed by atoms with Crippen LogP contribution in [0.2, 0.25) is 0 Å². The van der Waals surface area contributed by atoms with Crippen LogP contribution in [0.25, 0.3) is 0 Å². The molecule has 0 radical (unpaired) electrons. The molecule has 0 saturated carbocycles. The lowest BCUT2D eigenvalue weighted by Crippen LogP contribution is -2.42. The number of nitrogens with zero attached hydrogens (tertiary/aromatic N) is 2. The number of piperidine rings is 1. The van der Waals surface area contributed by atoms with Gasteiger partial charge in [0, 0.05) is 12.2 Å². The maximum absolute atomic E-state index is 11.8. The summed E-state index contributed by atoms with van der Waals surface area (Å²) in [7, 11) is 0. The van der Waals surface area contributed by atoms with Crippen LogP contribution >= 0.6 is 0 Å². The smallest absolute Gasteiger partial charge is 0.270 e. The highest BCUT2D eigenvalue weighted by molar-refractivity contribution is 5.92. The number of aromatic nitrogens is 1. The molecule has 0 atom stereocenters. The summed E-state index contributed by atoms with van der Waals surface area (Å²) in [5.41, 5.74) is 0.825. The summed E-state index contributed by atoms with van der Waals surface area (Å²) < 4.78 is 0. The van der Waals surface area contributed by atoms with E-state index in [-0.39, 0.29) is 11.9 Å². The minimum atomic E-state index is -0.165. The topological polar surface area (TPSA) is 77.8 Å². The fourth-order valence-corrected chi connectivity index (χ4v) is 1.82. The number of pyridine rings is 1. The second-order valence-electron chi connectivity index (χ2n) is 4.04. The molecule has 1 saturated heterocycles. The van der Waals surface area contributed by atoms with Crippen molar-refractivity contribution in [2.24, 2.45) is 0 Å². The molecule has 5 nitrogen and oxygen atoms in total. The third kappa shape index (κ3) is 3.02. The predicted octanol–water partition coefficient (Wildman–Crippen LogP) is 0.435. The van der Waals surface area contributed by atoms with E-state index in [0.717, 1.165) is 25.9 Å². The van der Waals surface area contributed by atoms with Crippen LogP contribution in [0.1, 0.15) is 28.9 Å². The summed E-state index contributed by atoms with van der Waals surface area (Å²) in [5.74, 6) is -0.165. The maximum atomic E-state index is 11.8. The molecule has 1 aromatic rings. The Hall–Kier alpha value is -1.93. The third-order valence-electron chi connectivity index (χ3n) is 2.80. The van der Waals surface area contributed by atoms with Gasteiger partial charge in [-0.05, 0) is 38.1 Å². The lowest BCUT2D eigenvalue weighted by atomic mass is 10.1. The van der Waals surface area contributed by atoms with Gasteiger partial charge in [0.25, 0.3) is 5.91 Å². The molecule has 5 heteroatoms. The van der Waals surface area contributed by atoms with E-state index in [9.17, 15) is 4.79 Å². The maximum Gasteiger partial charge on any atom is 0.270 e. The van der Waals surface area contributed by atoms with Crippen molar-refractivity contribution in [1.29, 1.82) is 5.26 Å². The van der Waals surface area contributed by atoms with Crippen LogP contribution in [0.4, 0.5) is 0 Å². The van der Waals surface area contributed by atoms with Gasteiger partial charge in [-0.2, -0.15) is 5.26 Å². The number of hydrogen-bond acceptors (Lipinski definition) is 4. The van der Waals surface area contributed by atoms with Gasteiger partial charge in [0.1, 0.15) is 11.8 Å². The third-order valence-corrected chi connectivity index (χ3v) is 2.80. The van der Waals surface area contributed by atoms with E-state index in [4.69, 9.17) is 5.26 Å². The Morgan fingerprint density at radius 2 is 2.24 bits per heavy atom. The average molecular weight is 230 g/mol. The number of carbonyl (C=O) groups is 1. The van der Waals surface area contributed by atoms with Crippen molar-refractivity contribution < 1.29 is 4.79 Å². The molecule has 1 aliphatic heterocycles. The molecule has 1 aliphatic rings. The Bertz CT molecular complexity index is 429. The van der Waals surface area contributed by atoms with Crippen LogP contribution in [0, 0.1) is 11.3 Å². The molecular weight excluding hydrogens is 216 g/mol. The molecule has 17 heavy (non-hydrogen) atoms. The molecule has 1 fully saturated rings. The number of nitrogens with one attached hydrogen (secondary N) is 2. The Morgan fingerprint density at radius 3 is 2.82 bits per heavy atom. The summed E-state index contributed by atoms with van der Waals surface area (Å²) in [6, 6.07) is 5.38. The number of amides is 1. The summed E-state index contributed by atoms with van der Waals surface area (Å²) in [5, 5.41) is 14.8. The molecule has 1 aromatic heterocycles. The number of nitriles is 1. The van der Waals surface area contributed by atoms with E-state index in [2.05, 4.69) is 15.6 Å². The van der Waals surface area contributed by atoms with Crippen LogP contribution in [-0.2, 0) is 0 Å². The molecule has 0 unspecified atom stereocenters. The lowest BCUT2D eigenvalue weighted by molar-refractivity contribution is 0.0924. The van der Waals surface area contributed by atoms with Crippen LogP contribution in [-0.4, -0.2) is 30.0 Å². The van der Waals surface area contributed by atoms with Crippen molar-refractivity contribution >= 4 is 5.91 Å². The predicted molar refractivity (Wildman–Crippen MR) is 62.3 cm³/mol. The number of carbonyl (C=O) groups excluding carboxylic acids is 1. The Labute approximate surface area is 99.9 Å². The monoisotopic (exact) mass is 230 g/mol. The minimum absolute atomic E-state index is 0.165. The van der Waals surface area contributed by atoms with Crippen molar-refractivity contribution in [2.45, 2.75) is 18.9 Å². The fraction of sp³-hybridized carbons (Fsp3) is 0.417. The van der Waals surface area contributed by atoms with Crippen LogP contribution < -0.4 is 10.6 Å². The average Bonchev–Trinajstić information content (AvgIpc) is 2.40. The highest BCUT2D eigenvalue weighted by Crippen LogP contribution is 2.04. The Morgan fingerprint density at radius 1 is 1.47 bits per heavy atom. The first-order valence-electron chi connectivity index (χ1n) is 5.67. The van der Waals surface area contributed by atoms with Gasteiger partial charge in [0.05, 0.1) is 5.56 Å². The quantitative estimate of drug-likeness (QED) is 0.772. The fourth-order valence-electron chi connectivity index (χ4n) is 1.82. The molecule has 0 bridgehead atoms. The van der Waals surface area contributed by atoms with Gasteiger partial charge in [0.2, 0.25) is 0 Å². The summed E-state index contributed by atoms with van der Waals surface area (Å²) in [6.45, 7) is 1.87. The van der Waals surface area contributed by atoms with Crippen molar-refractivity contribution in [3.8, 4) is 6.07 Å². The van der Waals surface area contributed by atoms with Gasteiger partial charge in [-0.1, -0.05) is 0 Å². The van der Waals surface area contributed by atoms with Gasteiger partial charge >= 0.3 is 0 Å². The second kappa shape index (κ2) is 5.41. The molecule has 2 N–H and O–H groups in total. The van der Waals surface area contributed by atoms with Gasteiger partial charge < -0.3 is 10.6 Å². The van der Waals surface area contributed by atoms with Crippen molar-refractivity contribution in [1.82, 2.24) is 15.6 Å². The highest BCUT2D eigenvalue weighted by Gasteiger charge is 2.16. The van der Waals surface area contributed by atoms with E-state index >= 15 is 0 Å². The van der Waals surface area contributed by atoms with Crippen molar-refractivity contribution in [3.63, 3.8) is 0 Å². The second-order valence-corrected chi connectivity index (χ2v) is 4.04. The van der Waals surface area contributed by atoms with E-state index < -0.39 is 0 Å². The first-order chi connectivity index (χ1) is 8.29. The van der Waals surface area contributed by atoms with Crippen molar-refractivity contribution in [3.05, 3.63) is 29.6 Å². The molecule has 0 aromatic carbocycles. The summed E-state index contributed by atoms with van der Waals surface area (Å²) in [6.07, 6.45) is 3.31. The molecule has 0 aliphatic carbocycles. The zero-order valence-corrected chi connectivity index (χ0v) is 9.44. The largest absolute Gasteiger partial charge is 0.348 e. The molecule has 1 amide bonds. The van der Waals surface area contributed by atoms with E-state index in [1.807, 2.05) is 6.07 Å². The Balaban J connectivity index is 1.96. The molecule has 2 heterocycles. The van der Waals surface area contributed by atoms with Crippen molar-refractivity contribution in [2.75, 3.05) is 13.1 Å². The van der Waals surface area contributed by atoms with Gasteiger partial charge in [-0.25, -0.2) is 4.98 Å². The van der Waals surface area contributed by atoms with E-state index in [1.54, 1.807) is 12.1 Å². The van der Waals surface area contributed by atoms with E-state index in [0.29, 0.717) is 11.3 Å². The molecule has 88 valence electrons. The minimum Gasteiger partial charge on any atom is -0.348 e. The normalized spacial score (nSPS) is 16.2. The molecule has 0 spiro atoms. The highest BCUT2D eigenvalue weighted by atomic mass is 16.1. The zero-order valence-electron chi connectivity index (χ0n) is 9.44.